The molecule has 1 aliphatic heterocycles. The van der Waals surface area contributed by atoms with E-state index in [9.17, 15) is 4.79 Å². The van der Waals surface area contributed by atoms with Gasteiger partial charge in [0, 0.05) is 31.6 Å². The van der Waals surface area contributed by atoms with Crippen molar-refractivity contribution < 1.29 is 4.79 Å². The first kappa shape index (κ1) is 12.7. The normalized spacial score (nSPS) is 48.6. The zero-order valence-electron chi connectivity index (χ0n) is 11.0. The monoisotopic (exact) mass is 270 g/mol. The summed E-state index contributed by atoms with van der Waals surface area (Å²) in [6.45, 7) is 5.00. The van der Waals surface area contributed by atoms with E-state index in [1.165, 1.54) is 19.3 Å². The number of hydrogen-bond acceptors (Lipinski definition) is 2. The Bertz CT molecular complexity index is 346. The maximum atomic E-state index is 12.5. The van der Waals surface area contributed by atoms with Crippen LogP contribution in [0.2, 0.25) is 0 Å². The molecule has 4 fully saturated rings. The molecular formula is C14H23ClN2O. The number of carbonyl (C=O) groups is 1. The van der Waals surface area contributed by atoms with Crippen LogP contribution in [-0.2, 0) is 4.79 Å². The van der Waals surface area contributed by atoms with Gasteiger partial charge >= 0.3 is 0 Å². The van der Waals surface area contributed by atoms with Crippen molar-refractivity contribution >= 4 is 18.3 Å². The van der Waals surface area contributed by atoms with Crippen LogP contribution in [0.5, 0.6) is 0 Å². The van der Waals surface area contributed by atoms with E-state index in [0.717, 1.165) is 43.3 Å². The van der Waals surface area contributed by atoms with Gasteiger partial charge in [0.05, 0.1) is 0 Å². The van der Waals surface area contributed by atoms with Gasteiger partial charge in [-0.25, -0.2) is 0 Å². The molecule has 4 unspecified atom stereocenters. The van der Waals surface area contributed by atoms with E-state index in [0.29, 0.717) is 17.9 Å². The summed E-state index contributed by atoms with van der Waals surface area (Å²) >= 11 is 0. The molecule has 4 rings (SSSR count). The lowest BCUT2D eigenvalue weighted by Gasteiger charge is -2.32. The number of nitrogens with zero attached hydrogens (tertiary/aromatic N) is 1. The molecule has 4 heteroatoms. The Kier molecular flexibility index (Phi) is 3.10. The number of nitrogens with one attached hydrogen (secondary N) is 1. The minimum absolute atomic E-state index is 0. The molecule has 3 aliphatic carbocycles. The number of rotatable bonds is 1. The van der Waals surface area contributed by atoms with E-state index in [1.807, 2.05) is 0 Å². The second-order valence-corrected chi connectivity index (χ2v) is 6.65. The topological polar surface area (TPSA) is 32.3 Å². The van der Waals surface area contributed by atoms with Crippen molar-refractivity contribution in [2.75, 3.05) is 19.6 Å². The van der Waals surface area contributed by atoms with Crippen molar-refractivity contribution in [1.82, 2.24) is 10.2 Å². The molecule has 0 aromatic rings. The lowest BCUT2D eigenvalue weighted by molar-refractivity contribution is -0.134. The summed E-state index contributed by atoms with van der Waals surface area (Å²) in [7, 11) is 0. The SMILES string of the molecule is C[C@@H]1CN(C(=O)C2C3C4CCC(C4)C23)CCN1.Cl. The highest BCUT2D eigenvalue weighted by atomic mass is 35.5. The average Bonchev–Trinajstić information content (AvgIpc) is 2.76. The lowest BCUT2D eigenvalue weighted by atomic mass is 10.0. The zero-order valence-corrected chi connectivity index (χ0v) is 11.8. The van der Waals surface area contributed by atoms with Crippen molar-refractivity contribution in [3.63, 3.8) is 0 Å². The van der Waals surface area contributed by atoms with Gasteiger partial charge in [0.2, 0.25) is 5.91 Å². The first-order valence-corrected chi connectivity index (χ1v) is 7.28. The largest absolute Gasteiger partial charge is 0.340 e. The fourth-order valence-electron chi connectivity index (χ4n) is 5.00. The van der Waals surface area contributed by atoms with Crippen LogP contribution < -0.4 is 5.32 Å². The van der Waals surface area contributed by atoms with E-state index in [4.69, 9.17) is 0 Å². The molecule has 1 saturated heterocycles. The van der Waals surface area contributed by atoms with Crippen LogP contribution in [0.25, 0.3) is 0 Å². The first-order valence-electron chi connectivity index (χ1n) is 7.28. The van der Waals surface area contributed by atoms with Crippen molar-refractivity contribution in [2.45, 2.75) is 32.2 Å². The van der Waals surface area contributed by atoms with Crippen molar-refractivity contribution in [1.29, 1.82) is 0 Å². The van der Waals surface area contributed by atoms with E-state index in [1.54, 1.807) is 0 Å². The third-order valence-corrected chi connectivity index (χ3v) is 5.70. The quantitative estimate of drug-likeness (QED) is 0.784. The molecule has 18 heavy (non-hydrogen) atoms. The smallest absolute Gasteiger partial charge is 0.226 e. The molecule has 3 saturated carbocycles. The average molecular weight is 271 g/mol. The second kappa shape index (κ2) is 4.38. The predicted molar refractivity (Wildman–Crippen MR) is 72.6 cm³/mol. The van der Waals surface area contributed by atoms with E-state index in [-0.39, 0.29) is 12.4 Å². The van der Waals surface area contributed by atoms with Gasteiger partial charge in [0.15, 0.2) is 0 Å². The summed E-state index contributed by atoms with van der Waals surface area (Å²) in [6.07, 6.45) is 4.26. The maximum absolute atomic E-state index is 12.5. The van der Waals surface area contributed by atoms with Gasteiger partial charge in [-0.3, -0.25) is 4.79 Å². The number of hydrogen-bond donors (Lipinski definition) is 1. The van der Waals surface area contributed by atoms with Crippen LogP contribution in [0.3, 0.4) is 0 Å². The third kappa shape index (κ3) is 1.70. The summed E-state index contributed by atoms with van der Waals surface area (Å²) in [5.74, 6) is 4.35. The predicted octanol–water partition coefficient (Wildman–Crippen LogP) is 1.52. The zero-order chi connectivity index (χ0) is 11.6. The Morgan fingerprint density at radius 3 is 2.50 bits per heavy atom. The van der Waals surface area contributed by atoms with Gasteiger partial charge in [-0.15, -0.1) is 12.4 Å². The summed E-state index contributed by atoms with van der Waals surface area (Å²) < 4.78 is 0. The van der Waals surface area contributed by atoms with Crippen LogP contribution >= 0.6 is 12.4 Å². The fourth-order valence-corrected chi connectivity index (χ4v) is 5.00. The number of carbonyl (C=O) groups excluding carboxylic acids is 1. The summed E-state index contributed by atoms with van der Waals surface area (Å²) in [5, 5.41) is 3.41. The van der Waals surface area contributed by atoms with Gasteiger partial charge in [-0.05, 0) is 49.9 Å². The Labute approximate surface area is 115 Å². The van der Waals surface area contributed by atoms with Crippen molar-refractivity contribution in [3.8, 4) is 0 Å². The van der Waals surface area contributed by atoms with E-state index in [2.05, 4.69) is 17.1 Å². The molecule has 4 aliphatic rings. The van der Waals surface area contributed by atoms with Gasteiger partial charge in [0.25, 0.3) is 0 Å². The van der Waals surface area contributed by atoms with Crippen LogP contribution in [0.1, 0.15) is 26.2 Å². The molecule has 1 amide bonds. The summed E-state index contributed by atoms with van der Waals surface area (Å²) in [5.41, 5.74) is 0. The van der Waals surface area contributed by atoms with E-state index >= 15 is 0 Å². The van der Waals surface area contributed by atoms with Crippen LogP contribution in [0.4, 0.5) is 0 Å². The van der Waals surface area contributed by atoms with Gasteiger partial charge in [-0.2, -0.15) is 0 Å². The molecule has 0 aromatic carbocycles. The highest BCUT2D eigenvalue weighted by Gasteiger charge is 2.67. The van der Waals surface area contributed by atoms with Gasteiger partial charge in [0.1, 0.15) is 0 Å². The third-order valence-electron chi connectivity index (χ3n) is 5.70. The molecule has 0 spiro atoms. The number of piperazine rings is 1. The first-order chi connectivity index (χ1) is 8.25. The standard InChI is InChI=1S/C14H22N2O.ClH/c1-8-7-16(5-4-15-8)14(17)13-11-9-2-3-10(6-9)12(11)13;/h8-13,15H,2-7H2,1H3;1H/t8-,9?,10?,11?,12?,13?;/m1./s1. The molecule has 2 bridgehead atoms. The van der Waals surface area contributed by atoms with E-state index < -0.39 is 0 Å². The second-order valence-electron chi connectivity index (χ2n) is 6.65. The van der Waals surface area contributed by atoms with Crippen molar-refractivity contribution in [3.05, 3.63) is 0 Å². The maximum Gasteiger partial charge on any atom is 0.226 e. The molecule has 102 valence electrons. The number of fused-ring (bicyclic) bond motifs is 5. The fraction of sp³-hybridized carbons (Fsp3) is 0.929. The number of amides is 1. The molecule has 0 aromatic heterocycles. The van der Waals surface area contributed by atoms with Crippen molar-refractivity contribution in [2.24, 2.45) is 29.6 Å². The molecule has 1 heterocycles. The van der Waals surface area contributed by atoms with Crippen LogP contribution in [0, 0.1) is 29.6 Å². The van der Waals surface area contributed by atoms with Crippen LogP contribution in [-0.4, -0.2) is 36.5 Å². The molecule has 3 nitrogen and oxygen atoms in total. The highest BCUT2D eigenvalue weighted by Crippen LogP contribution is 2.69. The molecular weight excluding hydrogens is 248 g/mol. The lowest BCUT2D eigenvalue weighted by Crippen LogP contribution is -2.52. The van der Waals surface area contributed by atoms with Gasteiger partial charge in [-0.1, -0.05) is 0 Å². The molecule has 0 radical (unpaired) electrons. The Hall–Kier alpha value is -0.280. The summed E-state index contributed by atoms with van der Waals surface area (Å²) in [4.78, 5) is 14.7. The Balaban J connectivity index is 0.000001000. The highest BCUT2D eigenvalue weighted by molar-refractivity contribution is 5.85. The summed E-state index contributed by atoms with van der Waals surface area (Å²) in [6, 6.07) is 0.475. The Morgan fingerprint density at radius 2 is 1.89 bits per heavy atom. The molecule has 1 N–H and O–H groups in total. The van der Waals surface area contributed by atoms with Gasteiger partial charge < -0.3 is 10.2 Å². The molecule has 5 atom stereocenters. The minimum Gasteiger partial charge on any atom is -0.340 e. The number of halogens is 1. The minimum atomic E-state index is 0. The van der Waals surface area contributed by atoms with Crippen LogP contribution in [0.15, 0.2) is 0 Å². The Morgan fingerprint density at radius 1 is 1.22 bits per heavy atom.